The first-order valence-corrected chi connectivity index (χ1v) is 14.1. The molecule has 5 rings (SSSR count). The highest BCUT2D eigenvalue weighted by Gasteiger charge is 2.48. The molecule has 2 heterocycles. The number of aromatic hydroxyl groups is 1. The Morgan fingerprint density at radius 2 is 1.77 bits per heavy atom. The summed E-state index contributed by atoms with van der Waals surface area (Å²) in [6.45, 7) is 3.47. The van der Waals surface area contributed by atoms with Gasteiger partial charge in [0.25, 0.3) is 0 Å². The van der Waals surface area contributed by atoms with Crippen molar-refractivity contribution in [3.8, 4) is 5.75 Å². The Balaban J connectivity index is 1.82. The number of anilines is 2. The molecule has 3 aromatic rings. The smallest absolute Gasteiger partial charge is 0.416 e. The molecule has 210 valence electrons. The van der Waals surface area contributed by atoms with Gasteiger partial charge in [0.05, 0.1) is 28.3 Å². The Hall–Kier alpha value is -3.86. The molecular formula is C29H26F4N2O4S. The van der Waals surface area contributed by atoms with Crippen molar-refractivity contribution in [3.63, 3.8) is 0 Å². The van der Waals surface area contributed by atoms with Crippen molar-refractivity contribution in [2.75, 3.05) is 16.0 Å². The summed E-state index contributed by atoms with van der Waals surface area (Å²) >= 11 is 0. The van der Waals surface area contributed by atoms with Crippen LogP contribution in [0.3, 0.4) is 0 Å². The van der Waals surface area contributed by atoms with Gasteiger partial charge in [0.15, 0.2) is 9.84 Å². The van der Waals surface area contributed by atoms with E-state index in [9.17, 15) is 31.5 Å². The predicted octanol–water partition coefficient (Wildman–Crippen LogP) is 6.35. The number of alkyl halides is 3. The highest BCUT2D eigenvalue weighted by atomic mass is 32.2. The number of phenolic OH excluding ortho intramolecular Hbond substituents is 1. The van der Waals surface area contributed by atoms with Crippen LogP contribution in [0.4, 0.5) is 28.9 Å². The molecule has 2 aliphatic heterocycles. The second-order valence-electron chi connectivity index (χ2n) is 10.8. The number of hydrogen-bond acceptors (Lipinski definition) is 5. The number of sulfone groups is 1. The average molecular weight is 575 g/mol. The number of nitrogens with zero attached hydrogens (tertiary/aromatic N) is 1. The summed E-state index contributed by atoms with van der Waals surface area (Å²) in [4.78, 5) is 14.8. The van der Waals surface area contributed by atoms with Gasteiger partial charge in [-0.1, -0.05) is 56.3 Å². The van der Waals surface area contributed by atoms with Crippen LogP contribution in [0, 0.1) is 11.2 Å². The van der Waals surface area contributed by atoms with E-state index in [1.54, 1.807) is 44.2 Å². The summed E-state index contributed by atoms with van der Waals surface area (Å²) in [5, 5.41) is 13.8. The van der Waals surface area contributed by atoms with Crippen molar-refractivity contribution >= 4 is 27.1 Å². The topological polar surface area (TPSA) is 86.7 Å². The molecule has 1 amide bonds. The maximum absolute atomic E-state index is 15.7. The van der Waals surface area contributed by atoms with E-state index in [2.05, 4.69) is 5.32 Å². The molecule has 0 fully saturated rings. The van der Waals surface area contributed by atoms with Crippen LogP contribution >= 0.6 is 0 Å². The van der Waals surface area contributed by atoms with Gasteiger partial charge in [-0.15, -0.1) is 0 Å². The van der Waals surface area contributed by atoms with Crippen molar-refractivity contribution < 1.29 is 35.9 Å². The highest BCUT2D eigenvalue weighted by molar-refractivity contribution is 7.95. The SMILES string of the molecule is CC1(C)CC2=C(C(c3ccc(C(F)(F)F)cc3F)N(C(=O)Cc3ccccc3)c3cccc(O)c3N2)S(=O)(=O)C1. The van der Waals surface area contributed by atoms with E-state index in [1.807, 2.05) is 0 Å². The lowest BCUT2D eigenvalue weighted by Gasteiger charge is -2.37. The van der Waals surface area contributed by atoms with Crippen LogP contribution in [0.2, 0.25) is 0 Å². The van der Waals surface area contributed by atoms with E-state index in [4.69, 9.17) is 0 Å². The lowest BCUT2D eigenvalue weighted by Crippen LogP contribution is -2.42. The van der Waals surface area contributed by atoms with E-state index in [-0.39, 0.29) is 46.3 Å². The first-order valence-electron chi connectivity index (χ1n) is 12.5. The summed E-state index contributed by atoms with van der Waals surface area (Å²) < 4.78 is 83.6. The largest absolute Gasteiger partial charge is 0.506 e. The average Bonchev–Trinajstić information content (AvgIpc) is 2.98. The molecule has 6 nitrogen and oxygen atoms in total. The minimum absolute atomic E-state index is 0.0409. The standard InChI is InChI=1S/C29H26F4N2O4S/c1-28(2)15-21-27(40(38,39)16-28)26(19-12-11-18(14-20(19)30)29(31,32)33)35(22-9-6-10-23(36)25(22)34-21)24(37)13-17-7-4-3-5-8-17/h3-12,14,26,34,36H,13,15-16H2,1-2H3. The number of allylic oxidation sites excluding steroid dienone is 1. The van der Waals surface area contributed by atoms with Crippen LogP contribution < -0.4 is 10.2 Å². The molecule has 40 heavy (non-hydrogen) atoms. The van der Waals surface area contributed by atoms with Gasteiger partial charge in [-0.3, -0.25) is 9.69 Å². The van der Waals surface area contributed by atoms with Gasteiger partial charge in [0.1, 0.15) is 23.3 Å². The molecule has 2 aliphatic rings. The summed E-state index contributed by atoms with van der Waals surface area (Å²) in [5.41, 5.74) is -1.60. The number of fused-ring (bicyclic) bond motifs is 1. The van der Waals surface area contributed by atoms with Gasteiger partial charge in [0.2, 0.25) is 5.91 Å². The summed E-state index contributed by atoms with van der Waals surface area (Å²) in [6, 6.07) is 13.0. The van der Waals surface area contributed by atoms with Crippen LogP contribution in [-0.4, -0.2) is 25.2 Å². The van der Waals surface area contributed by atoms with E-state index >= 15 is 4.39 Å². The number of halogens is 4. The van der Waals surface area contributed by atoms with Crippen molar-refractivity contribution in [1.29, 1.82) is 0 Å². The summed E-state index contributed by atoms with van der Waals surface area (Å²) in [6.07, 6.45) is -4.89. The van der Waals surface area contributed by atoms with Crippen LogP contribution in [0.5, 0.6) is 5.75 Å². The molecule has 1 unspecified atom stereocenters. The molecular weight excluding hydrogens is 548 g/mol. The third-order valence-corrected chi connectivity index (χ3v) is 9.32. The Morgan fingerprint density at radius 3 is 2.42 bits per heavy atom. The minimum Gasteiger partial charge on any atom is -0.506 e. The maximum Gasteiger partial charge on any atom is 0.416 e. The molecule has 0 saturated carbocycles. The van der Waals surface area contributed by atoms with E-state index in [1.165, 1.54) is 18.2 Å². The van der Waals surface area contributed by atoms with E-state index in [0.29, 0.717) is 17.7 Å². The highest BCUT2D eigenvalue weighted by Crippen LogP contribution is 2.51. The molecule has 2 N–H and O–H groups in total. The lowest BCUT2D eigenvalue weighted by molar-refractivity contribution is -0.137. The second kappa shape index (κ2) is 9.65. The van der Waals surface area contributed by atoms with E-state index in [0.717, 1.165) is 11.0 Å². The fraction of sp³-hybridized carbons (Fsp3) is 0.276. The number of benzene rings is 3. The fourth-order valence-corrected chi connectivity index (χ4v) is 7.80. The Bertz CT molecular complexity index is 1630. The zero-order valence-corrected chi connectivity index (χ0v) is 22.4. The number of carbonyl (C=O) groups is 1. The molecule has 0 radical (unpaired) electrons. The normalized spacial score (nSPS) is 19.8. The Morgan fingerprint density at radius 1 is 1.07 bits per heavy atom. The number of carbonyl (C=O) groups excluding carboxylic acids is 1. The van der Waals surface area contributed by atoms with Crippen LogP contribution in [0.1, 0.15) is 43.0 Å². The molecule has 0 aromatic heterocycles. The molecule has 11 heteroatoms. The van der Waals surface area contributed by atoms with Crippen molar-refractivity contribution in [2.45, 2.75) is 38.9 Å². The quantitative estimate of drug-likeness (QED) is 0.281. The van der Waals surface area contributed by atoms with Gasteiger partial charge in [0, 0.05) is 11.3 Å². The number of phenols is 1. The minimum atomic E-state index is -4.84. The van der Waals surface area contributed by atoms with Crippen molar-refractivity contribution in [3.05, 3.63) is 99.8 Å². The number of amides is 1. The molecule has 0 aliphatic carbocycles. The van der Waals surface area contributed by atoms with E-state index < -0.39 is 50.3 Å². The third kappa shape index (κ3) is 5.05. The lowest BCUT2D eigenvalue weighted by atomic mass is 9.88. The first kappa shape index (κ1) is 27.7. The number of hydrogen-bond donors (Lipinski definition) is 2. The molecule has 0 saturated heterocycles. The van der Waals surface area contributed by atoms with Gasteiger partial charge in [-0.25, -0.2) is 12.8 Å². The predicted molar refractivity (Wildman–Crippen MR) is 143 cm³/mol. The monoisotopic (exact) mass is 574 g/mol. The van der Waals surface area contributed by atoms with Gasteiger partial charge in [-0.2, -0.15) is 13.2 Å². The molecule has 1 atom stereocenters. The Kier molecular flexibility index (Phi) is 6.68. The maximum atomic E-state index is 15.7. The van der Waals surface area contributed by atoms with Gasteiger partial charge in [-0.05, 0) is 41.7 Å². The summed E-state index contributed by atoms with van der Waals surface area (Å²) in [5.74, 6) is -2.57. The van der Waals surface area contributed by atoms with Crippen molar-refractivity contribution in [1.82, 2.24) is 0 Å². The summed E-state index contributed by atoms with van der Waals surface area (Å²) in [7, 11) is -4.18. The number of para-hydroxylation sites is 1. The van der Waals surface area contributed by atoms with Gasteiger partial charge < -0.3 is 10.4 Å². The molecule has 0 bridgehead atoms. The molecule has 3 aromatic carbocycles. The molecule has 0 spiro atoms. The van der Waals surface area contributed by atoms with Gasteiger partial charge >= 0.3 is 6.18 Å². The fourth-order valence-electron chi connectivity index (χ4n) is 5.44. The first-order chi connectivity index (χ1) is 18.7. The second-order valence-corrected chi connectivity index (χ2v) is 12.8. The Labute approximate surface area is 228 Å². The van der Waals surface area contributed by atoms with Crippen LogP contribution in [-0.2, 0) is 27.2 Å². The third-order valence-electron chi connectivity index (χ3n) is 7.02. The zero-order chi connectivity index (χ0) is 29.0. The van der Waals surface area contributed by atoms with Crippen LogP contribution in [0.15, 0.2) is 77.3 Å². The van der Waals surface area contributed by atoms with Crippen molar-refractivity contribution in [2.24, 2.45) is 5.41 Å². The number of rotatable bonds is 3. The zero-order valence-electron chi connectivity index (χ0n) is 21.6. The number of nitrogens with one attached hydrogen (secondary N) is 1. The van der Waals surface area contributed by atoms with Crippen LogP contribution in [0.25, 0.3) is 0 Å².